The van der Waals surface area contributed by atoms with Gasteiger partial charge in [-0.2, -0.15) is 20.5 Å². The molecule has 0 fully saturated rings. The SMILES string of the molecule is CN=c1[nH][s+]([O-])[nH]c1=NCCSCc1ccc(CN(C)C)o1.Cl. The minimum absolute atomic E-state index is 0. The van der Waals surface area contributed by atoms with Crippen LogP contribution in [0.4, 0.5) is 0 Å². The number of hydrogen-bond acceptors (Lipinski definition) is 6. The van der Waals surface area contributed by atoms with Crippen molar-refractivity contribution < 1.29 is 8.97 Å². The predicted molar refractivity (Wildman–Crippen MR) is 95.2 cm³/mol. The summed E-state index contributed by atoms with van der Waals surface area (Å²) in [7, 11) is 5.67. The molecule has 0 aliphatic heterocycles. The van der Waals surface area contributed by atoms with Crippen molar-refractivity contribution in [3.8, 4) is 0 Å². The zero-order chi connectivity index (χ0) is 15.9. The number of thioether (sulfide) groups is 1. The molecule has 1 atom stereocenters. The summed E-state index contributed by atoms with van der Waals surface area (Å²) < 4.78 is 22.5. The first-order chi connectivity index (χ1) is 10.6. The van der Waals surface area contributed by atoms with Crippen LogP contribution in [0.15, 0.2) is 26.5 Å². The number of rotatable bonds is 7. The van der Waals surface area contributed by atoms with E-state index in [9.17, 15) is 4.55 Å². The molecule has 2 rings (SSSR count). The average molecular weight is 380 g/mol. The Balaban J connectivity index is 0.00000264. The molecule has 2 aromatic heterocycles. The van der Waals surface area contributed by atoms with Crippen molar-refractivity contribution >= 4 is 35.3 Å². The van der Waals surface area contributed by atoms with Gasteiger partial charge in [-0.15, -0.1) is 12.4 Å². The Bertz CT molecular complexity index is 716. The number of halogens is 1. The first kappa shape index (κ1) is 20.0. The van der Waals surface area contributed by atoms with Gasteiger partial charge in [0.2, 0.25) is 11.0 Å². The van der Waals surface area contributed by atoms with Crippen LogP contribution in [-0.4, -0.2) is 51.6 Å². The number of furan rings is 1. The van der Waals surface area contributed by atoms with Gasteiger partial charge in [0.15, 0.2) is 0 Å². The molecular formula is C13H22ClN5O2S2. The van der Waals surface area contributed by atoms with Gasteiger partial charge < -0.3 is 13.9 Å². The molecule has 2 N–H and O–H groups in total. The van der Waals surface area contributed by atoms with Crippen LogP contribution >= 0.6 is 35.3 Å². The topological polar surface area (TPSA) is 95.7 Å². The lowest BCUT2D eigenvalue weighted by molar-refractivity contribution is 0.344. The summed E-state index contributed by atoms with van der Waals surface area (Å²) in [5, 5.41) is 0. The third-order valence-corrected chi connectivity index (χ3v) is 4.48. The van der Waals surface area contributed by atoms with Crippen molar-refractivity contribution in [1.29, 1.82) is 0 Å². The van der Waals surface area contributed by atoms with E-state index >= 15 is 0 Å². The highest BCUT2D eigenvalue weighted by atomic mass is 35.5. The molecule has 0 aliphatic rings. The van der Waals surface area contributed by atoms with Crippen LogP contribution in [0.5, 0.6) is 0 Å². The lowest BCUT2D eigenvalue weighted by Crippen LogP contribution is -2.25. The molecule has 0 saturated heterocycles. The average Bonchev–Trinajstić information content (AvgIpc) is 3.04. The molecule has 0 aliphatic carbocycles. The Morgan fingerprint density at radius 3 is 2.65 bits per heavy atom. The number of hydrogen-bond donors (Lipinski definition) is 2. The summed E-state index contributed by atoms with van der Waals surface area (Å²) in [6, 6.07) is 4.04. The van der Waals surface area contributed by atoms with Crippen molar-refractivity contribution in [2.45, 2.75) is 12.3 Å². The second-order valence-electron chi connectivity index (χ2n) is 4.93. The maximum absolute atomic E-state index is 11.3. The molecule has 0 radical (unpaired) electrons. The van der Waals surface area contributed by atoms with E-state index in [1.807, 2.05) is 26.2 Å². The van der Waals surface area contributed by atoms with E-state index in [2.05, 4.69) is 23.6 Å². The molecule has 10 heteroatoms. The van der Waals surface area contributed by atoms with Crippen molar-refractivity contribution in [1.82, 2.24) is 13.6 Å². The van der Waals surface area contributed by atoms with Gasteiger partial charge in [-0.1, -0.05) is 0 Å². The fourth-order valence-electron chi connectivity index (χ4n) is 1.85. The van der Waals surface area contributed by atoms with E-state index in [1.54, 1.807) is 18.8 Å². The van der Waals surface area contributed by atoms with Crippen LogP contribution < -0.4 is 11.0 Å². The highest BCUT2D eigenvalue weighted by molar-refractivity contribution is 7.98. The summed E-state index contributed by atoms with van der Waals surface area (Å²) in [6.45, 7) is 1.45. The molecule has 2 heterocycles. The molecule has 7 nitrogen and oxygen atoms in total. The van der Waals surface area contributed by atoms with Crippen LogP contribution in [0, 0.1) is 0 Å². The monoisotopic (exact) mass is 379 g/mol. The van der Waals surface area contributed by atoms with E-state index in [4.69, 9.17) is 4.42 Å². The summed E-state index contributed by atoms with van der Waals surface area (Å²) in [5.74, 6) is 3.64. The predicted octanol–water partition coefficient (Wildman–Crippen LogP) is 1.51. The van der Waals surface area contributed by atoms with Gasteiger partial charge in [0.1, 0.15) is 22.7 Å². The molecule has 23 heavy (non-hydrogen) atoms. The fraction of sp³-hybridized carbons (Fsp3) is 0.538. The van der Waals surface area contributed by atoms with Crippen molar-refractivity contribution in [2.75, 3.05) is 33.4 Å². The highest BCUT2D eigenvalue weighted by Crippen LogP contribution is 2.16. The normalized spacial score (nSPS) is 13.7. The first-order valence-electron chi connectivity index (χ1n) is 6.85. The minimum atomic E-state index is -1.31. The quantitative estimate of drug-likeness (QED) is 0.563. The number of aromatic amines is 2. The van der Waals surface area contributed by atoms with Gasteiger partial charge in [-0.3, -0.25) is 9.98 Å². The maximum atomic E-state index is 11.3. The molecule has 0 aromatic carbocycles. The van der Waals surface area contributed by atoms with E-state index in [0.717, 1.165) is 29.6 Å². The second-order valence-corrected chi connectivity index (χ2v) is 6.98. The molecule has 130 valence electrons. The lowest BCUT2D eigenvalue weighted by atomic mass is 10.4. The number of H-pyrrole nitrogens is 2. The summed E-state index contributed by atoms with van der Waals surface area (Å²) in [6.07, 6.45) is 0. The van der Waals surface area contributed by atoms with Crippen LogP contribution in [-0.2, 0) is 12.3 Å². The summed E-state index contributed by atoms with van der Waals surface area (Å²) in [5.41, 5.74) is 1.11. The van der Waals surface area contributed by atoms with Gasteiger partial charge >= 0.3 is 0 Å². The van der Waals surface area contributed by atoms with Crippen molar-refractivity contribution in [3.05, 3.63) is 34.6 Å². The second kappa shape index (κ2) is 9.99. The third kappa shape index (κ3) is 6.56. The Morgan fingerprint density at radius 1 is 1.26 bits per heavy atom. The van der Waals surface area contributed by atoms with Gasteiger partial charge in [-0.25, -0.2) is 0 Å². The van der Waals surface area contributed by atoms with Crippen LogP contribution in [0.25, 0.3) is 0 Å². The molecular weight excluding hydrogens is 358 g/mol. The van der Waals surface area contributed by atoms with Crippen LogP contribution in [0.2, 0.25) is 0 Å². The van der Waals surface area contributed by atoms with E-state index in [1.165, 1.54) is 0 Å². The van der Waals surface area contributed by atoms with Gasteiger partial charge in [0.25, 0.3) is 0 Å². The summed E-state index contributed by atoms with van der Waals surface area (Å²) >= 11 is 0.444. The largest absolute Gasteiger partial charge is 0.549 e. The maximum Gasteiger partial charge on any atom is 0.219 e. The highest BCUT2D eigenvalue weighted by Gasteiger charge is 2.03. The molecule has 0 spiro atoms. The van der Waals surface area contributed by atoms with Crippen molar-refractivity contribution in [2.24, 2.45) is 9.98 Å². The Kier molecular flexibility index (Phi) is 8.71. The fourth-order valence-corrected chi connectivity index (χ4v) is 3.32. The number of nitrogens with one attached hydrogen (secondary N) is 2. The Morgan fingerprint density at radius 2 is 1.96 bits per heavy atom. The number of aromatic nitrogens is 2. The van der Waals surface area contributed by atoms with E-state index < -0.39 is 11.1 Å². The first-order valence-corrected chi connectivity index (χ1v) is 9.15. The van der Waals surface area contributed by atoms with E-state index in [0.29, 0.717) is 17.5 Å². The number of nitrogens with zero attached hydrogens (tertiary/aromatic N) is 3. The van der Waals surface area contributed by atoms with Crippen LogP contribution in [0.3, 0.4) is 0 Å². The zero-order valence-corrected chi connectivity index (χ0v) is 15.8. The minimum Gasteiger partial charge on any atom is -0.549 e. The molecule has 0 bridgehead atoms. The molecule has 0 saturated carbocycles. The lowest BCUT2D eigenvalue weighted by Gasteiger charge is -2.05. The molecule has 0 amide bonds. The molecule has 1 unspecified atom stereocenters. The van der Waals surface area contributed by atoms with Gasteiger partial charge in [-0.05, 0) is 26.2 Å². The van der Waals surface area contributed by atoms with Crippen LogP contribution in [0.1, 0.15) is 11.5 Å². The van der Waals surface area contributed by atoms with Gasteiger partial charge in [0, 0.05) is 12.8 Å². The molecule has 2 aromatic rings. The Labute approximate surface area is 148 Å². The smallest absolute Gasteiger partial charge is 0.219 e. The summed E-state index contributed by atoms with van der Waals surface area (Å²) in [4.78, 5) is 10.4. The van der Waals surface area contributed by atoms with E-state index in [-0.39, 0.29) is 12.4 Å². The zero-order valence-electron chi connectivity index (χ0n) is 13.4. The standard InChI is InChI=1S/C13H21N5O2S2.ClH/c1-14-12-13(17-22(19)16-12)15-6-7-21-9-11-5-4-10(20-11)8-18(2)3;/h4-5H,6-9H2,1-3H3,(H,14,16)(H,15,17);1H. The Hall–Kier alpha value is -1.00. The van der Waals surface area contributed by atoms with Gasteiger partial charge in [0.05, 0.1) is 18.8 Å². The third-order valence-electron chi connectivity index (χ3n) is 2.77. The van der Waals surface area contributed by atoms with Crippen molar-refractivity contribution in [3.63, 3.8) is 0 Å².